The molecule has 0 fully saturated rings. The van der Waals surface area contributed by atoms with Crippen LogP contribution in [0.3, 0.4) is 0 Å². The maximum atomic E-state index is 6.63. The number of fused-ring (bicyclic) bond motifs is 6. The van der Waals surface area contributed by atoms with Crippen LogP contribution in [0.15, 0.2) is 109 Å². The van der Waals surface area contributed by atoms with Gasteiger partial charge in [0, 0.05) is 16.4 Å². The Bertz CT molecular complexity index is 1940. The normalized spacial score (nSPS) is 14.0. The van der Waals surface area contributed by atoms with Crippen LogP contribution in [0.25, 0.3) is 44.7 Å². The Morgan fingerprint density at radius 2 is 1.31 bits per heavy atom. The van der Waals surface area contributed by atoms with E-state index in [2.05, 4.69) is 68.4 Å². The highest BCUT2D eigenvalue weighted by Crippen LogP contribution is 2.56. The first kappa shape index (κ1) is 22.1. The molecule has 0 unspecified atom stereocenters. The molecule has 0 bridgehead atoms. The lowest BCUT2D eigenvalue weighted by molar-refractivity contribution is 0.360. The lowest BCUT2D eigenvalue weighted by atomic mass is 9.82. The van der Waals surface area contributed by atoms with Gasteiger partial charge in [-0.2, -0.15) is 0 Å². The van der Waals surface area contributed by atoms with E-state index in [-0.39, 0.29) is 5.41 Å². The smallest absolute Gasteiger partial charge is 0.181 e. The molecule has 2 aliphatic rings. The molecule has 4 nitrogen and oxygen atoms in total. The second-order valence-corrected chi connectivity index (χ2v) is 10.6. The van der Waals surface area contributed by atoms with Gasteiger partial charge in [0.25, 0.3) is 0 Å². The Morgan fingerprint density at radius 1 is 0.564 bits per heavy atom. The third-order valence-corrected chi connectivity index (χ3v) is 7.95. The van der Waals surface area contributed by atoms with E-state index in [1.807, 2.05) is 54.6 Å². The maximum absolute atomic E-state index is 6.63. The van der Waals surface area contributed by atoms with Crippen LogP contribution in [0.2, 0.25) is 0 Å². The molecular formula is C35H24N2O2. The molecule has 0 spiro atoms. The van der Waals surface area contributed by atoms with Crippen molar-refractivity contribution < 1.29 is 9.47 Å². The van der Waals surface area contributed by atoms with Crippen LogP contribution in [-0.2, 0) is 5.41 Å². The third kappa shape index (κ3) is 3.25. The van der Waals surface area contributed by atoms with Crippen molar-refractivity contribution in [1.82, 2.24) is 9.97 Å². The molecule has 0 saturated carbocycles. The van der Waals surface area contributed by atoms with Gasteiger partial charge in [0.15, 0.2) is 28.8 Å². The Labute approximate surface area is 226 Å². The molecule has 0 atom stereocenters. The van der Waals surface area contributed by atoms with Crippen molar-refractivity contribution in [1.29, 1.82) is 0 Å². The van der Waals surface area contributed by atoms with E-state index >= 15 is 0 Å². The predicted octanol–water partition coefficient (Wildman–Crippen LogP) is 9.17. The minimum absolute atomic E-state index is 0.129. The van der Waals surface area contributed by atoms with Crippen molar-refractivity contribution in [2.75, 3.05) is 0 Å². The highest BCUT2D eigenvalue weighted by atomic mass is 16.6. The average Bonchev–Trinajstić information content (AvgIpc) is 3.20. The van der Waals surface area contributed by atoms with Crippen molar-refractivity contribution in [2.24, 2.45) is 0 Å². The van der Waals surface area contributed by atoms with Gasteiger partial charge in [0.1, 0.15) is 0 Å². The first-order chi connectivity index (χ1) is 19.1. The monoisotopic (exact) mass is 504 g/mol. The summed E-state index contributed by atoms with van der Waals surface area (Å²) in [5, 5.41) is 1.01. The Morgan fingerprint density at radius 3 is 2.21 bits per heavy atom. The minimum atomic E-state index is -0.129. The molecule has 186 valence electrons. The number of benzene rings is 5. The fraction of sp³-hybridized carbons (Fsp3) is 0.0857. The molecule has 4 heteroatoms. The number of aromatic nitrogens is 2. The zero-order valence-electron chi connectivity index (χ0n) is 21.6. The summed E-state index contributed by atoms with van der Waals surface area (Å²) in [4.78, 5) is 10.0. The van der Waals surface area contributed by atoms with Crippen molar-refractivity contribution in [3.63, 3.8) is 0 Å². The van der Waals surface area contributed by atoms with Gasteiger partial charge in [0.2, 0.25) is 0 Å². The molecule has 8 rings (SSSR count). The number of hydrogen-bond acceptors (Lipinski definition) is 4. The van der Waals surface area contributed by atoms with Gasteiger partial charge in [-0.3, -0.25) is 0 Å². The number of rotatable bonds is 2. The summed E-state index contributed by atoms with van der Waals surface area (Å²) in [7, 11) is 0. The largest absolute Gasteiger partial charge is 0.449 e. The molecule has 5 aromatic carbocycles. The van der Waals surface area contributed by atoms with E-state index in [1.54, 1.807) is 0 Å². The summed E-state index contributed by atoms with van der Waals surface area (Å²) in [6.07, 6.45) is 0. The first-order valence-electron chi connectivity index (χ1n) is 13.2. The van der Waals surface area contributed by atoms with E-state index in [9.17, 15) is 0 Å². The topological polar surface area (TPSA) is 44.2 Å². The van der Waals surface area contributed by atoms with Crippen LogP contribution in [0, 0.1) is 0 Å². The van der Waals surface area contributed by atoms with Crippen LogP contribution in [0.4, 0.5) is 0 Å². The van der Waals surface area contributed by atoms with Crippen molar-refractivity contribution >= 4 is 10.9 Å². The molecule has 0 amide bonds. The zero-order valence-corrected chi connectivity index (χ0v) is 21.6. The number of ether oxygens (including phenoxy) is 2. The second-order valence-electron chi connectivity index (χ2n) is 10.6. The predicted molar refractivity (Wildman–Crippen MR) is 155 cm³/mol. The summed E-state index contributed by atoms with van der Waals surface area (Å²) in [5.41, 5.74) is 8.49. The Hall–Kier alpha value is -4.96. The lowest BCUT2D eigenvalue weighted by Crippen LogP contribution is -2.15. The molecule has 1 aromatic heterocycles. The van der Waals surface area contributed by atoms with Crippen LogP contribution in [0.1, 0.15) is 25.0 Å². The summed E-state index contributed by atoms with van der Waals surface area (Å²) in [6.45, 7) is 4.53. The van der Waals surface area contributed by atoms with Gasteiger partial charge < -0.3 is 9.47 Å². The SMILES string of the molecule is CC1(C)c2ccccc2-c2cc3c(cc21)Oc1c(cccc1-c1nc(-c2ccccc2)c2ccccc2n1)O3. The van der Waals surface area contributed by atoms with Crippen LogP contribution >= 0.6 is 0 Å². The molecular weight excluding hydrogens is 480 g/mol. The van der Waals surface area contributed by atoms with Crippen molar-refractivity contribution in [3.8, 4) is 56.8 Å². The van der Waals surface area contributed by atoms with Crippen LogP contribution in [0.5, 0.6) is 23.0 Å². The van der Waals surface area contributed by atoms with Gasteiger partial charge in [-0.25, -0.2) is 9.97 Å². The van der Waals surface area contributed by atoms with Crippen molar-refractivity contribution in [3.05, 3.63) is 120 Å². The fourth-order valence-corrected chi connectivity index (χ4v) is 5.99. The van der Waals surface area contributed by atoms with E-state index in [4.69, 9.17) is 19.4 Å². The molecule has 2 heterocycles. The molecule has 0 saturated heterocycles. The Balaban J connectivity index is 1.28. The van der Waals surface area contributed by atoms with Gasteiger partial charge in [-0.15, -0.1) is 0 Å². The van der Waals surface area contributed by atoms with Gasteiger partial charge in [0.05, 0.1) is 16.8 Å². The summed E-state index contributed by atoms with van der Waals surface area (Å²) in [6, 6.07) is 37.1. The molecule has 1 aliphatic carbocycles. The lowest BCUT2D eigenvalue weighted by Gasteiger charge is -2.26. The summed E-state index contributed by atoms with van der Waals surface area (Å²) in [5.74, 6) is 3.32. The minimum Gasteiger partial charge on any atom is -0.449 e. The standard InChI is InChI=1S/C35H24N2O2/c1-35(2)26-16-8-6-13-22(26)25-19-30-31(20-27(25)35)39-33-24(15-10-18-29(33)38-30)34-36-28-17-9-7-14-23(28)32(37-34)21-11-4-3-5-12-21/h3-20H,1-2H3. The molecule has 1 aliphatic heterocycles. The van der Waals surface area contributed by atoms with E-state index in [1.165, 1.54) is 22.3 Å². The Kier molecular flexibility index (Phi) is 4.54. The summed E-state index contributed by atoms with van der Waals surface area (Å²) >= 11 is 0. The van der Waals surface area contributed by atoms with Gasteiger partial charge in [-0.05, 0) is 52.6 Å². The van der Waals surface area contributed by atoms with Gasteiger partial charge in [-0.1, -0.05) is 92.7 Å². The average molecular weight is 505 g/mol. The van der Waals surface area contributed by atoms with Crippen molar-refractivity contribution in [2.45, 2.75) is 19.3 Å². The van der Waals surface area contributed by atoms with E-state index < -0.39 is 0 Å². The summed E-state index contributed by atoms with van der Waals surface area (Å²) < 4.78 is 13.1. The maximum Gasteiger partial charge on any atom is 0.181 e. The number of hydrogen-bond donors (Lipinski definition) is 0. The molecule has 6 aromatic rings. The van der Waals surface area contributed by atoms with Crippen LogP contribution < -0.4 is 9.47 Å². The number of para-hydroxylation sites is 2. The highest BCUT2D eigenvalue weighted by Gasteiger charge is 2.37. The molecule has 0 N–H and O–H groups in total. The highest BCUT2D eigenvalue weighted by molar-refractivity contribution is 5.94. The van der Waals surface area contributed by atoms with Gasteiger partial charge >= 0.3 is 0 Å². The number of nitrogens with zero attached hydrogens (tertiary/aromatic N) is 2. The first-order valence-corrected chi connectivity index (χ1v) is 13.2. The second kappa shape index (κ2) is 8.02. The molecule has 39 heavy (non-hydrogen) atoms. The van der Waals surface area contributed by atoms with Crippen LogP contribution in [-0.4, -0.2) is 9.97 Å². The third-order valence-electron chi connectivity index (χ3n) is 7.95. The molecule has 0 radical (unpaired) electrons. The van der Waals surface area contributed by atoms with E-state index in [0.29, 0.717) is 23.1 Å². The van der Waals surface area contributed by atoms with E-state index in [0.717, 1.165) is 33.5 Å². The quantitative estimate of drug-likeness (QED) is 0.235. The fourth-order valence-electron chi connectivity index (χ4n) is 5.99. The zero-order chi connectivity index (χ0) is 26.1.